The summed E-state index contributed by atoms with van der Waals surface area (Å²) in [4.78, 5) is 41.4. The summed E-state index contributed by atoms with van der Waals surface area (Å²) in [6.07, 6.45) is 0. The number of amides is 3. The minimum atomic E-state index is -0.578. The number of imide groups is 1. The number of nitrogens with zero attached hydrogens (tertiary/aromatic N) is 2. The number of rotatable bonds is 6. The van der Waals surface area contributed by atoms with Gasteiger partial charge < -0.3 is 5.32 Å². The Morgan fingerprint density at radius 3 is 2.53 bits per heavy atom. The average molecular weight is 428 g/mol. The Bertz CT molecular complexity index is 1130. The molecule has 1 heterocycles. The minimum absolute atomic E-state index is 0.0975. The van der Waals surface area contributed by atoms with Crippen LogP contribution in [0.3, 0.4) is 0 Å². The Morgan fingerprint density at radius 1 is 1.13 bits per heavy atom. The van der Waals surface area contributed by atoms with Crippen molar-refractivity contribution in [1.82, 2.24) is 20.2 Å². The van der Waals surface area contributed by atoms with Crippen LogP contribution in [-0.4, -0.2) is 33.3 Å². The first-order chi connectivity index (χ1) is 14.3. The molecule has 0 bridgehead atoms. The number of benzene rings is 2. The molecule has 3 rings (SSSR count). The number of carbonyl (C=O) groups excluding carboxylic acids is 2. The molecule has 0 atom stereocenters. The molecule has 0 unspecified atom stereocenters. The summed E-state index contributed by atoms with van der Waals surface area (Å²) in [6.45, 7) is 3.74. The van der Waals surface area contributed by atoms with Gasteiger partial charge in [0.15, 0.2) is 5.16 Å². The number of para-hydroxylation sites is 1. The zero-order chi connectivity index (χ0) is 21.7. The zero-order valence-electron chi connectivity index (χ0n) is 16.5. The molecular weight excluding hydrogens is 407 g/mol. The molecule has 0 radical (unpaired) electrons. The number of carbonyl (C=O) groups is 2. The first-order valence-electron chi connectivity index (χ1n) is 9.30. The van der Waals surface area contributed by atoms with Crippen molar-refractivity contribution in [1.29, 1.82) is 0 Å². The Labute approximate surface area is 176 Å². The van der Waals surface area contributed by atoms with Crippen molar-refractivity contribution in [2.45, 2.75) is 31.6 Å². The van der Waals surface area contributed by atoms with E-state index in [1.54, 1.807) is 50.2 Å². The van der Waals surface area contributed by atoms with Crippen LogP contribution in [0, 0.1) is 5.82 Å². The Hall–Kier alpha value is -3.20. The van der Waals surface area contributed by atoms with Crippen molar-refractivity contribution in [3.05, 3.63) is 70.3 Å². The van der Waals surface area contributed by atoms with E-state index in [1.165, 1.54) is 16.7 Å². The summed E-state index contributed by atoms with van der Waals surface area (Å²) in [5.41, 5.74) is 0.974. The van der Waals surface area contributed by atoms with Gasteiger partial charge in [0.05, 0.1) is 23.2 Å². The number of hydrogen-bond acceptors (Lipinski definition) is 5. The average Bonchev–Trinajstić information content (AvgIpc) is 2.69. The van der Waals surface area contributed by atoms with Gasteiger partial charge in [0.2, 0.25) is 5.91 Å². The molecule has 0 spiro atoms. The quantitative estimate of drug-likeness (QED) is 0.465. The van der Waals surface area contributed by atoms with Crippen molar-refractivity contribution in [2.75, 3.05) is 5.75 Å². The number of aromatic nitrogens is 2. The van der Waals surface area contributed by atoms with E-state index in [0.717, 1.165) is 17.3 Å². The summed E-state index contributed by atoms with van der Waals surface area (Å²) >= 11 is 1.05. The van der Waals surface area contributed by atoms with E-state index in [-0.39, 0.29) is 29.7 Å². The number of halogens is 1. The smallest absolute Gasteiger partial charge is 0.321 e. The zero-order valence-corrected chi connectivity index (χ0v) is 17.3. The molecule has 0 saturated heterocycles. The van der Waals surface area contributed by atoms with Crippen LogP contribution < -0.4 is 16.2 Å². The first kappa shape index (κ1) is 21.5. The Kier molecular flexibility index (Phi) is 6.83. The molecule has 7 nitrogen and oxygen atoms in total. The van der Waals surface area contributed by atoms with Gasteiger partial charge in [-0.3, -0.25) is 19.5 Å². The van der Waals surface area contributed by atoms with Crippen molar-refractivity contribution in [2.24, 2.45) is 0 Å². The Morgan fingerprint density at radius 2 is 1.83 bits per heavy atom. The lowest BCUT2D eigenvalue weighted by molar-refractivity contribution is -0.117. The minimum Gasteiger partial charge on any atom is -0.336 e. The van der Waals surface area contributed by atoms with Gasteiger partial charge in [0.1, 0.15) is 5.82 Å². The van der Waals surface area contributed by atoms with Crippen LogP contribution >= 0.6 is 11.8 Å². The van der Waals surface area contributed by atoms with E-state index in [4.69, 9.17) is 0 Å². The highest BCUT2D eigenvalue weighted by Crippen LogP contribution is 2.19. The highest BCUT2D eigenvalue weighted by Gasteiger charge is 2.15. The SMILES string of the molecule is CC(C)NC(=O)NC(=O)CSc1nc2ccccc2c(=O)n1Cc1ccc(F)cc1. The lowest BCUT2D eigenvalue weighted by Gasteiger charge is -2.13. The molecule has 0 aliphatic heterocycles. The lowest BCUT2D eigenvalue weighted by Crippen LogP contribution is -2.43. The molecule has 2 aromatic carbocycles. The van der Waals surface area contributed by atoms with Gasteiger partial charge in [-0.1, -0.05) is 36.0 Å². The van der Waals surface area contributed by atoms with Crippen LogP contribution in [0.5, 0.6) is 0 Å². The van der Waals surface area contributed by atoms with Gasteiger partial charge in [0, 0.05) is 6.04 Å². The number of hydrogen-bond donors (Lipinski definition) is 2. The Balaban J connectivity index is 1.86. The van der Waals surface area contributed by atoms with Crippen LogP contribution in [-0.2, 0) is 11.3 Å². The second kappa shape index (κ2) is 9.53. The molecule has 156 valence electrons. The molecule has 3 amide bonds. The molecule has 2 N–H and O–H groups in total. The van der Waals surface area contributed by atoms with Crippen LogP contribution in [0.1, 0.15) is 19.4 Å². The van der Waals surface area contributed by atoms with Gasteiger partial charge in [0.25, 0.3) is 5.56 Å². The molecule has 30 heavy (non-hydrogen) atoms. The standard InChI is InChI=1S/C21H21FN4O3S/c1-13(2)23-20(29)25-18(27)12-30-21-24-17-6-4-3-5-16(17)19(28)26(21)11-14-7-9-15(22)10-8-14/h3-10,13H,11-12H2,1-2H3,(H2,23,25,27,29). The predicted octanol–water partition coefficient (Wildman–Crippen LogP) is 2.91. The molecule has 1 aromatic heterocycles. The van der Waals surface area contributed by atoms with Gasteiger partial charge in [-0.2, -0.15) is 0 Å². The van der Waals surface area contributed by atoms with Crippen molar-refractivity contribution < 1.29 is 14.0 Å². The molecular formula is C21H21FN4O3S. The molecule has 0 aliphatic carbocycles. The molecule has 0 aliphatic rings. The highest BCUT2D eigenvalue weighted by molar-refractivity contribution is 7.99. The summed E-state index contributed by atoms with van der Waals surface area (Å²) in [7, 11) is 0. The van der Waals surface area contributed by atoms with E-state index in [1.807, 2.05) is 0 Å². The van der Waals surface area contributed by atoms with Gasteiger partial charge in [-0.25, -0.2) is 14.2 Å². The fourth-order valence-electron chi connectivity index (χ4n) is 2.76. The topological polar surface area (TPSA) is 93.1 Å². The van der Waals surface area contributed by atoms with Crippen LogP contribution in [0.2, 0.25) is 0 Å². The van der Waals surface area contributed by atoms with Gasteiger partial charge in [-0.05, 0) is 43.7 Å². The van der Waals surface area contributed by atoms with Crippen LogP contribution in [0.4, 0.5) is 9.18 Å². The van der Waals surface area contributed by atoms with E-state index in [0.29, 0.717) is 16.1 Å². The number of fused-ring (bicyclic) bond motifs is 1. The van der Waals surface area contributed by atoms with Crippen molar-refractivity contribution in [3.8, 4) is 0 Å². The molecule has 3 aromatic rings. The maximum atomic E-state index is 13.2. The number of nitrogens with one attached hydrogen (secondary N) is 2. The van der Waals surface area contributed by atoms with E-state index >= 15 is 0 Å². The van der Waals surface area contributed by atoms with Crippen molar-refractivity contribution in [3.63, 3.8) is 0 Å². The largest absolute Gasteiger partial charge is 0.336 e. The third-order valence-corrected chi connectivity index (χ3v) is 5.06. The summed E-state index contributed by atoms with van der Waals surface area (Å²) < 4.78 is 14.7. The first-order valence-corrected chi connectivity index (χ1v) is 10.3. The number of thioether (sulfide) groups is 1. The third kappa shape index (κ3) is 5.44. The summed E-state index contributed by atoms with van der Waals surface area (Å²) in [5.74, 6) is -0.970. The summed E-state index contributed by atoms with van der Waals surface area (Å²) in [6, 6.07) is 12.1. The van der Waals surface area contributed by atoms with Gasteiger partial charge in [-0.15, -0.1) is 0 Å². The lowest BCUT2D eigenvalue weighted by atomic mass is 10.2. The fraction of sp³-hybridized carbons (Fsp3) is 0.238. The highest BCUT2D eigenvalue weighted by atomic mass is 32.2. The third-order valence-electron chi connectivity index (χ3n) is 4.09. The maximum absolute atomic E-state index is 13.2. The van der Waals surface area contributed by atoms with E-state index in [2.05, 4.69) is 15.6 Å². The predicted molar refractivity (Wildman–Crippen MR) is 114 cm³/mol. The van der Waals surface area contributed by atoms with Crippen molar-refractivity contribution >= 4 is 34.6 Å². The number of urea groups is 1. The normalized spacial score (nSPS) is 10.9. The monoisotopic (exact) mass is 428 g/mol. The van der Waals surface area contributed by atoms with E-state index < -0.39 is 11.9 Å². The second-order valence-electron chi connectivity index (χ2n) is 6.89. The fourth-order valence-corrected chi connectivity index (χ4v) is 3.56. The van der Waals surface area contributed by atoms with Crippen LogP contribution in [0.25, 0.3) is 10.9 Å². The van der Waals surface area contributed by atoms with Gasteiger partial charge >= 0.3 is 6.03 Å². The molecule has 0 saturated carbocycles. The van der Waals surface area contributed by atoms with E-state index in [9.17, 15) is 18.8 Å². The second-order valence-corrected chi connectivity index (χ2v) is 7.84. The van der Waals surface area contributed by atoms with Crippen LogP contribution in [0.15, 0.2) is 58.5 Å². The maximum Gasteiger partial charge on any atom is 0.321 e. The molecule has 9 heteroatoms. The summed E-state index contributed by atoms with van der Waals surface area (Å²) in [5, 5.41) is 5.60. The molecule has 0 fully saturated rings.